The van der Waals surface area contributed by atoms with Gasteiger partial charge in [0.15, 0.2) is 0 Å². The number of anilines is 1. The Labute approximate surface area is 112 Å². The quantitative estimate of drug-likeness (QED) is 0.820. The molecule has 1 aliphatic heterocycles. The molecule has 1 atom stereocenters. The van der Waals surface area contributed by atoms with Crippen LogP contribution in [0.25, 0.3) is 0 Å². The van der Waals surface area contributed by atoms with E-state index in [1.165, 1.54) is 0 Å². The number of nitrogens with zero attached hydrogens (tertiary/aromatic N) is 5. The van der Waals surface area contributed by atoms with Crippen LogP contribution in [-0.4, -0.2) is 27.6 Å². The number of hydrogen-bond donors (Lipinski definition) is 0. The van der Waals surface area contributed by atoms with Gasteiger partial charge < -0.3 is 9.47 Å². The average Bonchev–Trinajstić information content (AvgIpc) is 3.09. The molecule has 1 aliphatic rings. The van der Waals surface area contributed by atoms with Crippen LogP contribution in [0.1, 0.15) is 23.7 Å². The van der Waals surface area contributed by atoms with Crippen molar-refractivity contribution in [3.8, 4) is 6.07 Å². The lowest BCUT2D eigenvalue weighted by molar-refractivity contribution is 0.551. The van der Waals surface area contributed by atoms with Gasteiger partial charge in [-0.05, 0) is 25.5 Å². The SMILES string of the molecule is Cc1nc(N2CCC(n3ccnc3)C2)ccc1C#N. The first-order valence-electron chi connectivity index (χ1n) is 6.38. The summed E-state index contributed by atoms with van der Waals surface area (Å²) in [4.78, 5) is 10.9. The van der Waals surface area contributed by atoms with Gasteiger partial charge in [-0.3, -0.25) is 0 Å². The molecule has 2 aromatic rings. The molecular formula is C14H15N5. The molecule has 5 heteroatoms. The number of nitriles is 1. The topological polar surface area (TPSA) is 57.7 Å². The Hall–Kier alpha value is -2.35. The molecule has 3 heterocycles. The maximum atomic E-state index is 8.93. The van der Waals surface area contributed by atoms with Gasteiger partial charge in [0.1, 0.15) is 11.9 Å². The van der Waals surface area contributed by atoms with Gasteiger partial charge in [-0.2, -0.15) is 5.26 Å². The molecule has 1 saturated heterocycles. The Morgan fingerprint density at radius 1 is 1.42 bits per heavy atom. The lowest BCUT2D eigenvalue weighted by Crippen LogP contribution is -2.21. The molecular weight excluding hydrogens is 238 g/mol. The highest BCUT2D eigenvalue weighted by Crippen LogP contribution is 2.26. The molecule has 0 bridgehead atoms. The van der Waals surface area contributed by atoms with Crippen LogP contribution < -0.4 is 4.90 Å². The highest BCUT2D eigenvalue weighted by molar-refractivity contribution is 5.46. The second kappa shape index (κ2) is 4.73. The zero-order valence-electron chi connectivity index (χ0n) is 10.8. The molecule has 19 heavy (non-hydrogen) atoms. The molecule has 0 amide bonds. The molecule has 0 spiro atoms. The van der Waals surface area contributed by atoms with Crippen molar-refractivity contribution in [2.75, 3.05) is 18.0 Å². The molecule has 0 N–H and O–H groups in total. The molecule has 5 nitrogen and oxygen atoms in total. The number of aromatic nitrogens is 3. The van der Waals surface area contributed by atoms with Crippen molar-refractivity contribution >= 4 is 5.82 Å². The summed E-state index contributed by atoms with van der Waals surface area (Å²) in [5.41, 5.74) is 1.44. The van der Waals surface area contributed by atoms with Crippen LogP contribution in [0, 0.1) is 18.3 Å². The van der Waals surface area contributed by atoms with Crippen molar-refractivity contribution in [1.29, 1.82) is 5.26 Å². The largest absolute Gasteiger partial charge is 0.354 e. The van der Waals surface area contributed by atoms with Crippen molar-refractivity contribution in [1.82, 2.24) is 14.5 Å². The third-order valence-electron chi connectivity index (χ3n) is 3.63. The molecule has 1 unspecified atom stereocenters. The summed E-state index contributed by atoms with van der Waals surface area (Å²) in [6, 6.07) is 6.39. The number of rotatable bonds is 2. The summed E-state index contributed by atoms with van der Waals surface area (Å²) >= 11 is 0. The normalized spacial score (nSPS) is 18.5. The fraction of sp³-hybridized carbons (Fsp3) is 0.357. The zero-order valence-corrected chi connectivity index (χ0v) is 10.8. The standard InChI is InChI=1S/C14H15N5/c1-11-12(8-15)2-3-14(17-11)18-6-4-13(9-18)19-7-5-16-10-19/h2-3,5,7,10,13H,4,6,9H2,1H3. The summed E-state index contributed by atoms with van der Waals surface area (Å²) in [5, 5.41) is 8.93. The third kappa shape index (κ3) is 2.17. The first-order chi connectivity index (χ1) is 9.28. The number of pyridine rings is 1. The lowest BCUT2D eigenvalue weighted by atomic mass is 10.2. The summed E-state index contributed by atoms with van der Waals surface area (Å²) in [6.45, 7) is 3.81. The van der Waals surface area contributed by atoms with Crippen molar-refractivity contribution in [2.24, 2.45) is 0 Å². The zero-order chi connectivity index (χ0) is 13.2. The minimum atomic E-state index is 0.459. The lowest BCUT2D eigenvalue weighted by Gasteiger charge is -2.18. The fourth-order valence-electron chi connectivity index (χ4n) is 2.52. The van der Waals surface area contributed by atoms with Gasteiger partial charge in [0, 0.05) is 25.5 Å². The Kier molecular flexibility index (Phi) is 2.92. The maximum absolute atomic E-state index is 8.93. The highest BCUT2D eigenvalue weighted by Gasteiger charge is 2.24. The van der Waals surface area contributed by atoms with E-state index in [4.69, 9.17) is 5.26 Å². The Bertz CT molecular complexity index is 611. The summed E-state index contributed by atoms with van der Waals surface area (Å²) < 4.78 is 2.15. The van der Waals surface area contributed by atoms with Crippen LogP contribution in [0.15, 0.2) is 30.9 Å². The summed E-state index contributed by atoms with van der Waals surface area (Å²) in [6.07, 6.45) is 6.78. The fourth-order valence-corrected chi connectivity index (χ4v) is 2.52. The van der Waals surface area contributed by atoms with Gasteiger partial charge in [-0.25, -0.2) is 9.97 Å². The minimum Gasteiger partial charge on any atom is -0.354 e. The van der Waals surface area contributed by atoms with Crippen LogP contribution in [0.5, 0.6) is 0 Å². The van der Waals surface area contributed by atoms with Crippen LogP contribution in [0.3, 0.4) is 0 Å². The molecule has 0 saturated carbocycles. The van der Waals surface area contributed by atoms with Crippen LogP contribution in [0.4, 0.5) is 5.82 Å². The minimum absolute atomic E-state index is 0.459. The molecule has 3 rings (SSSR count). The van der Waals surface area contributed by atoms with E-state index in [1.54, 1.807) is 0 Å². The Morgan fingerprint density at radius 2 is 2.32 bits per heavy atom. The van der Waals surface area contributed by atoms with E-state index >= 15 is 0 Å². The molecule has 0 radical (unpaired) electrons. The van der Waals surface area contributed by atoms with E-state index in [0.29, 0.717) is 11.6 Å². The number of imidazole rings is 1. The van der Waals surface area contributed by atoms with Crippen molar-refractivity contribution in [3.63, 3.8) is 0 Å². The van der Waals surface area contributed by atoms with Crippen molar-refractivity contribution in [3.05, 3.63) is 42.1 Å². The predicted molar refractivity (Wildman–Crippen MR) is 71.8 cm³/mol. The number of aryl methyl sites for hydroxylation is 1. The smallest absolute Gasteiger partial charge is 0.128 e. The summed E-state index contributed by atoms with van der Waals surface area (Å²) in [7, 11) is 0. The first-order valence-corrected chi connectivity index (χ1v) is 6.38. The number of hydrogen-bond acceptors (Lipinski definition) is 4. The van der Waals surface area contributed by atoms with Crippen molar-refractivity contribution in [2.45, 2.75) is 19.4 Å². The maximum Gasteiger partial charge on any atom is 0.128 e. The Balaban J connectivity index is 1.78. The van der Waals surface area contributed by atoms with Gasteiger partial charge in [0.2, 0.25) is 0 Å². The van der Waals surface area contributed by atoms with E-state index in [9.17, 15) is 0 Å². The molecule has 0 aliphatic carbocycles. The first kappa shape index (κ1) is 11.7. The van der Waals surface area contributed by atoms with Gasteiger partial charge >= 0.3 is 0 Å². The van der Waals surface area contributed by atoms with Gasteiger partial charge in [-0.1, -0.05) is 0 Å². The van der Waals surface area contributed by atoms with E-state index < -0.39 is 0 Å². The summed E-state index contributed by atoms with van der Waals surface area (Å²) in [5.74, 6) is 0.958. The second-order valence-electron chi connectivity index (χ2n) is 4.81. The van der Waals surface area contributed by atoms with Crippen LogP contribution >= 0.6 is 0 Å². The average molecular weight is 253 g/mol. The van der Waals surface area contributed by atoms with Crippen LogP contribution in [-0.2, 0) is 0 Å². The monoisotopic (exact) mass is 253 g/mol. The van der Waals surface area contributed by atoms with Gasteiger partial charge in [-0.15, -0.1) is 0 Å². The second-order valence-corrected chi connectivity index (χ2v) is 4.81. The predicted octanol–water partition coefficient (Wildman–Crippen LogP) is 1.91. The van der Waals surface area contributed by atoms with E-state index in [-0.39, 0.29) is 0 Å². The van der Waals surface area contributed by atoms with Crippen molar-refractivity contribution < 1.29 is 0 Å². The molecule has 2 aromatic heterocycles. The molecule has 1 fully saturated rings. The van der Waals surface area contributed by atoms with Gasteiger partial charge in [0.25, 0.3) is 0 Å². The van der Waals surface area contributed by atoms with E-state index in [2.05, 4.69) is 25.5 Å². The van der Waals surface area contributed by atoms with Gasteiger partial charge in [0.05, 0.1) is 23.6 Å². The third-order valence-corrected chi connectivity index (χ3v) is 3.63. The van der Waals surface area contributed by atoms with Crippen LogP contribution in [0.2, 0.25) is 0 Å². The highest BCUT2D eigenvalue weighted by atomic mass is 15.2. The molecule has 96 valence electrons. The Morgan fingerprint density at radius 3 is 3.00 bits per heavy atom. The molecule has 0 aromatic carbocycles. The van der Waals surface area contributed by atoms with E-state index in [1.807, 2.05) is 37.8 Å². The van der Waals surface area contributed by atoms with E-state index in [0.717, 1.165) is 31.0 Å².